The van der Waals surface area contributed by atoms with Crippen LogP contribution in [0.3, 0.4) is 0 Å². The number of hydrogen-bond donors (Lipinski definition) is 0. The minimum absolute atomic E-state index is 0.542. The highest BCUT2D eigenvalue weighted by Crippen LogP contribution is 2.38. The Kier molecular flexibility index (Phi) is 3.75. The van der Waals surface area contributed by atoms with Crippen molar-refractivity contribution in [3.8, 4) is 11.3 Å². The highest BCUT2D eigenvalue weighted by atomic mass is 35.5. The average Bonchev–Trinajstić information content (AvgIpc) is 3.27. The first kappa shape index (κ1) is 14.6. The highest BCUT2D eigenvalue weighted by molar-refractivity contribution is 7.10. The summed E-state index contributed by atoms with van der Waals surface area (Å²) in [5.41, 5.74) is 1.47. The monoisotopic (exact) mass is 342 g/mol. The molecule has 0 saturated carbocycles. The lowest BCUT2D eigenvalue weighted by Crippen LogP contribution is -2.44. The zero-order valence-electron chi connectivity index (χ0n) is 12.4. The Bertz CT molecular complexity index is 779. The fourth-order valence-electron chi connectivity index (χ4n) is 2.80. The summed E-state index contributed by atoms with van der Waals surface area (Å²) in [7, 11) is 0. The summed E-state index contributed by atoms with van der Waals surface area (Å²) >= 11 is 7.59. The molecule has 6 heteroatoms. The van der Waals surface area contributed by atoms with E-state index in [-0.39, 0.29) is 0 Å². The first-order valence-electron chi connectivity index (χ1n) is 7.50. The second-order valence-electron chi connectivity index (χ2n) is 5.48. The Morgan fingerprint density at radius 3 is 2.78 bits per heavy atom. The molecule has 2 aromatic rings. The van der Waals surface area contributed by atoms with Crippen LogP contribution < -0.4 is 0 Å². The third kappa shape index (κ3) is 2.60. The van der Waals surface area contributed by atoms with Gasteiger partial charge in [-0.25, -0.2) is 4.98 Å². The fraction of sp³-hybridized carbons (Fsp3) is 0.235. The molecule has 2 aliphatic rings. The van der Waals surface area contributed by atoms with Gasteiger partial charge in [-0.05, 0) is 30.7 Å². The van der Waals surface area contributed by atoms with Gasteiger partial charge in [0, 0.05) is 35.3 Å². The van der Waals surface area contributed by atoms with Crippen LogP contribution in [0.1, 0.15) is 11.4 Å². The van der Waals surface area contributed by atoms with Crippen LogP contribution in [-0.2, 0) is 5.66 Å². The topological polar surface area (TPSA) is 40.9 Å². The summed E-state index contributed by atoms with van der Waals surface area (Å²) < 4.78 is 0. The Labute approximate surface area is 143 Å². The molecule has 3 heterocycles. The minimum Gasteiger partial charge on any atom is -0.329 e. The number of benzene rings is 1. The molecule has 1 aromatic heterocycles. The van der Waals surface area contributed by atoms with E-state index < -0.39 is 5.66 Å². The van der Waals surface area contributed by atoms with E-state index in [9.17, 15) is 0 Å². The molecule has 1 unspecified atom stereocenters. The smallest absolute Gasteiger partial charge is 0.204 e. The molecule has 0 fully saturated rings. The first-order chi connectivity index (χ1) is 11.3. The Morgan fingerprint density at radius 1 is 1.22 bits per heavy atom. The van der Waals surface area contributed by atoms with Crippen LogP contribution in [0.15, 0.2) is 51.8 Å². The highest BCUT2D eigenvalue weighted by Gasteiger charge is 2.39. The van der Waals surface area contributed by atoms with Crippen molar-refractivity contribution in [1.82, 2.24) is 9.88 Å². The van der Waals surface area contributed by atoms with Gasteiger partial charge in [-0.3, -0.25) is 9.98 Å². The van der Waals surface area contributed by atoms with E-state index in [1.54, 1.807) is 11.3 Å². The molecule has 0 bridgehead atoms. The molecule has 0 N–H and O–H groups in total. The first-order valence-corrected chi connectivity index (χ1v) is 8.75. The zero-order chi connectivity index (χ0) is 15.7. The van der Waals surface area contributed by atoms with E-state index in [0.717, 1.165) is 40.8 Å². The van der Waals surface area contributed by atoms with E-state index >= 15 is 0 Å². The number of thiazole rings is 1. The fourth-order valence-corrected chi connectivity index (χ4v) is 3.90. The van der Waals surface area contributed by atoms with Crippen LogP contribution in [0, 0.1) is 0 Å². The largest absolute Gasteiger partial charge is 0.329 e. The van der Waals surface area contributed by atoms with Crippen molar-refractivity contribution in [2.24, 2.45) is 9.98 Å². The van der Waals surface area contributed by atoms with Crippen molar-refractivity contribution in [3.63, 3.8) is 0 Å². The number of allylic oxidation sites excluding steroid dienone is 1. The Hall–Kier alpha value is -1.98. The molecule has 0 amide bonds. The maximum absolute atomic E-state index is 5.96. The zero-order valence-corrected chi connectivity index (χ0v) is 14.0. The van der Waals surface area contributed by atoms with Crippen molar-refractivity contribution in [2.45, 2.75) is 12.1 Å². The number of aliphatic imine (C=N–C) groups is 2. The van der Waals surface area contributed by atoms with Gasteiger partial charge in [0.15, 0.2) is 0 Å². The molecule has 0 aliphatic carbocycles. The van der Waals surface area contributed by atoms with E-state index in [1.165, 1.54) is 0 Å². The molecule has 116 valence electrons. The molecule has 4 rings (SSSR count). The predicted octanol–water partition coefficient (Wildman–Crippen LogP) is 3.99. The second kappa shape index (κ2) is 5.91. The molecular formula is C17H15ClN4S. The molecule has 23 heavy (non-hydrogen) atoms. The summed E-state index contributed by atoms with van der Waals surface area (Å²) in [6, 6.07) is 7.75. The molecule has 0 saturated heterocycles. The van der Waals surface area contributed by atoms with Crippen molar-refractivity contribution >= 4 is 35.5 Å². The molecule has 1 atom stereocenters. The van der Waals surface area contributed by atoms with E-state index in [1.807, 2.05) is 42.9 Å². The Balaban J connectivity index is 1.72. The molecule has 0 radical (unpaired) electrons. The van der Waals surface area contributed by atoms with Gasteiger partial charge >= 0.3 is 0 Å². The third-order valence-corrected chi connectivity index (χ3v) is 5.20. The molecule has 2 aliphatic heterocycles. The SMILES string of the molecule is Clc1ccc(-c2csc(C3(N4C=NCCC4)C=CC=N3)n2)cc1. The van der Waals surface area contributed by atoms with Crippen molar-refractivity contribution in [2.75, 3.05) is 13.1 Å². The quantitative estimate of drug-likeness (QED) is 0.846. The summed E-state index contributed by atoms with van der Waals surface area (Å²) in [6.45, 7) is 1.81. The molecule has 4 nitrogen and oxygen atoms in total. The van der Waals surface area contributed by atoms with E-state index in [0.29, 0.717) is 0 Å². The van der Waals surface area contributed by atoms with Crippen LogP contribution in [-0.4, -0.2) is 35.5 Å². The van der Waals surface area contributed by atoms with Crippen LogP contribution in [0.2, 0.25) is 5.02 Å². The summed E-state index contributed by atoms with van der Waals surface area (Å²) in [5.74, 6) is 0. The minimum atomic E-state index is -0.542. The van der Waals surface area contributed by atoms with Gasteiger partial charge < -0.3 is 4.90 Å². The standard InChI is InChI=1S/C17H15ClN4S/c18-14-5-3-13(4-6-14)15-11-23-16(21-15)17(7-1-9-20-17)22-10-2-8-19-12-22/h1,3-7,9,11-12H,2,8,10H2. The van der Waals surface area contributed by atoms with Gasteiger partial charge in [0.05, 0.1) is 12.0 Å². The number of rotatable bonds is 3. The lowest BCUT2D eigenvalue weighted by atomic mass is 10.1. The molecular weight excluding hydrogens is 328 g/mol. The maximum Gasteiger partial charge on any atom is 0.204 e. The number of aromatic nitrogens is 1. The van der Waals surface area contributed by atoms with Crippen molar-refractivity contribution in [1.29, 1.82) is 0 Å². The van der Waals surface area contributed by atoms with Crippen molar-refractivity contribution in [3.05, 3.63) is 51.8 Å². The van der Waals surface area contributed by atoms with Gasteiger partial charge in [0.1, 0.15) is 5.01 Å². The van der Waals surface area contributed by atoms with Crippen LogP contribution in [0.5, 0.6) is 0 Å². The average molecular weight is 343 g/mol. The normalized spacial score (nSPS) is 22.9. The lowest BCUT2D eigenvalue weighted by Gasteiger charge is -2.36. The van der Waals surface area contributed by atoms with Gasteiger partial charge in [-0.1, -0.05) is 23.7 Å². The molecule has 0 spiro atoms. The van der Waals surface area contributed by atoms with Crippen LogP contribution >= 0.6 is 22.9 Å². The predicted molar refractivity (Wildman–Crippen MR) is 96.6 cm³/mol. The summed E-state index contributed by atoms with van der Waals surface area (Å²) in [4.78, 5) is 16.1. The van der Waals surface area contributed by atoms with E-state index in [2.05, 4.69) is 21.3 Å². The van der Waals surface area contributed by atoms with Gasteiger partial charge in [-0.2, -0.15) is 0 Å². The lowest BCUT2D eigenvalue weighted by molar-refractivity contribution is 0.240. The van der Waals surface area contributed by atoms with E-state index in [4.69, 9.17) is 21.6 Å². The number of halogens is 1. The maximum atomic E-state index is 5.96. The van der Waals surface area contributed by atoms with Gasteiger partial charge in [0.2, 0.25) is 5.66 Å². The second-order valence-corrected chi connectivity index (χ2v) is 6.77. The number of nitrogens with zero attached hydrogens (tertiary/aromatic N) is 4. The third-order valence-electron chi connectivity index (χ3n) is 3.99. The number of hydrogen-bond acceptors (Lipinski definition) is 5. The summed E-state index contributed by atoms with van der Waals surface area (Å²) in [5, 5.41) is 3.76. The van der Waals surface area contributed by atoms with Gasteiger partial charge in [0.25, 0.3) is 0 Å². The summed E-state index contributed by atoms with van der Waals surface area (Å²) in [6.07, 6.45) is 8.85. The molecule has 1 aromatic carbocycles. The van der Waals surface area contributed by atoms with Gasteiger partial charge in [-0.15, -0.1) is 11.3 Å². The Morgan fingerprint density at radius 2 is 2.09 bits per heavy atom. The van der Waals surface area contributed by atoms with Crippen LogP contribution in [0.25, 0.3) is 11.3 Å². The van der Waals surface area contributed by atoms with Crippen LogP contribution in [0.4, 0.5) is 0 Å². The van der Waals surface area contributed by atoms with Crippen molar-refractivity contribution < 1.29 is 0 Å².